The molecule has 1 aliphatic heterocycles. The predicted octanol–water partition coefficient (Wildman–Crippen LogP) is 0.844. The first-order chi connectivity index (χ1) is 7.85. The molecule has 0 radical (unpaired) electrons. The van der Waals surface area contributed by atoms with Gasteiger partial charge in [-0.1, -0.05) is 18.1 Å². The van der Waals surface area contributed by atoms with Crippen LogP contribution in [0.4, 0.5) is 0 Å². The lowest BCUT2D eigenvalue weighted by atomic mass is 10.0. The smallest absolute Gasteiger partial charge is 0.122 e. The Balaban J connectivity index is 2.16. The highest BCUT2D eigenvalue weighted by molar-refractivity contribution is 5.40. The zero-order valence-corrected chi connectivity index (χ0v) is 9.20. The fourth-order valence-corrected chi connectivity index (χ4v) is 1.94. The molecule has 0 aliphatic carbocycles. The minimum atomic E-state index is 0.127. The summed E-state index contributed by atoms with van der Waals surface area (Å²) >= 11 is 0. The van der Waals surface area contributed by atoms with Gasteiger partial charge >= 0.3 is 0 Å². The zero-order valence-electron chi connectivity index (χ0n) is 9.20. The van der Waals surface area contributed by atoms with Crippen molar-refractivity contribution in [3.63, 3.8) is 0 Å². The number of rotatable bonds is 4. The molecule has 3 nitrogen and oxygen atoms in total. The minimum Gasteiger partial charge on any atom is -0.493 e. The van der Waals surface area contributed by atoms with Gasteiger partial charge in [0.05, 0.1) is 13.2 Å². The molecule has 84 valence electrons. The molecule has 0 amide bonds. The van der Waals surface area contributed by atoms with Crippen molar-refractivity contribution in [3.8, 4) is 18.1 Å². The molecule has 3 heteroatoms. The van der Waals surface area contributed by atoms with Crippen molar-refractivity contribution >= 4 is 0 Å². The zero-order chi connectivity index (χ0) is 11.4. The van der Waals surface area contributed by atoms with Crippen LogP contribution in [0.3, 0.4) is 0 Å². The van der Waals surface area contributed by atoms with Gasteiger partial charge in [-0.25, -0.2) is 0 Å². The van der Waals surface area contributed by atoms with E-state index in [9.17, 15) is 0 Å². The lowest BCUT2D eigenvalue weighted by Gasteiger charge is -2.16. The van der Waals surface area contributed by atoms with Gasteiger partial charge in [-0.3, -0.25) is 5.32 Å². The van der Waals surface area contributed by atoms with Crippen molar-refractivity contribution in [2.24, 2.45) is 5.73 Å². The fourth-order valence-electron chi connectivity index (χ4n) is 1.94. The molecule has 1 aromatic rings. The summed E-state index contributed by atoms with van der Waals surface area (Å²) in [5.74, 6) is 3.56. The molecule has 0 bridgehead atoms. The summed E-state index contributed by atoms with van der Waals surface area (Å²) in [6.07, 6.45) is 6.21. The summed E-state index contributed by atoms with van der Waals surface area (Å²) in [7, 11) is 0. The highest BCUT2D eigenvalue weighted by Crippen LogP contribution is 2.27. The molecule has 0 saturated carbocycles. The molecule has 3 N–H and O–H groups in total. The van der Waals surface area contributed by atoms with Crippen LogP contribution in [-0.2, 0) is 6.42 Å². The van der Waals surface area contributed by atoms with Gasteiger partial charge in [0.2, 0.25) is 0 Å². The van der Waals surface area contributed by atoms with Crippen LogP contribution in [0.1, 0.15) is 17.2 Å². The van der Waals surface area contributed by atoms with E-state index in [4.69, 9.17) is 16.9 Å². The highest BCUT2D eigenvalue weighted by Gasteiger charge is 2.15. The summed E-state index contributed by atoms with van der Waals surface area (Å²) in [5, 5.41) is 3.22. The van der Waals surface area contributed by atoms with Crippen LogP contribution in [0.2, 0.25) is 0 Å². The van der Waals surface area contributed by atoms with E-state index in [1.54, 1.807) is 0 Å². The van der Waals surface area contributed by atoms with E-state index in [1.807, 2.05) is 12.1 Å². The van der Waals surface area contributed by atoms with Crippen molar-refractivity contribution in [1.82, 2.24) is 5.32 Å². The quantitative estimate of drug-likeness (QED) is 0.733. The topological polar surface area (TPSA) is 47.3 Å². The van der Waals surface area contributed by atoms with Crippen molar-refractivity contribution < 1.29 is 4.74 Å². The number of hydrogen-bond acceptors (Lipinski definition) is 3. The van der Waals surface area contributed by atoms with Crippen LogP contribution >= 0.6 is 0 Å². The summed E-state index contributed by atoms with van der Waals surface area (Å²) in [6, 6.07) is 6.34. The van der Waals surface area contributed by atoms with Gasteiger partial charge in [0, 0.05) is 19.0 Å². The Bertz CT molecular complexity index is 409. The van der Waals surface area contributed by atoms with E-state index < -0.39 is 0 Å². The molecule has 0 spiro atoms. The van der Waals surface area contributed by atoms with Crippen molar-refractivity contribution in [3.05, 3.63) is 29.3 Å². The van der Waals surface area contributed by atoms with Crippen LogP contribution in [0, 0.1) is 12.3 Å². The van der Waals surface area contributed by atoms with Crippen LogP contribution in [0.15, 0.2) is 18.2 Å². The molecule has 1 heterocycles. The molecule has 2 rings (SSSR count). The van der Waals surface area contributed by atoms with Gasteiger partial charge < -0.3 is 10.5 Å². The van der Waals surface area contributed by atoms with E-state index in [2.05, 4.69) is 17.3 Å². The van der Waals surface area contributed by atoms with Crippen molar-refractivity contribution in [2.75, 3.05) is 19.7 Å². The first-order valence-corrected chi connectivity index (χ1v) is 5.47. The van der Waals surface area contributed by atoms with E-state index in [1.165, 1.54) is 11.1 Å². The number of hydrogen-bond donors (Lipinski definition) is 2. The molecule has 1 aliphatic rings. The number of nitrogens with two attached hydrogens (primary N) is 1. The molecular formula is C13H16N2O. The Morgan fingerprint density at radius 2 is 2.44 bits per heavy atom. The average molecular weight is 216 g/mol. The first kappa shape index (κ1) is 11.0. The second kappa shape index (κ2) is 5.02. The number of benzene rings is 1. The summed E-state index contributed by atoms with van der Waals surface area (Å²) in [6.45, 7) is 1.86. The third-order valence-corrected chi connectivity index (χ3v) is 2.80. The van der Waals surface area contributed by atoms with Crippen molar-refractivity contribution in [2.45, 2.75) is 12.5 Å². The summed E-state index contributed by atoms with van der Waals surface area (Å²) in [5.41, 5.74) is 8.17. The maximum atomic E-state index is 5.73. The van der Waals surface area contributed by atoms with Gasteiger partial charge in [-0.05, 0) is 17.2 Å². The Kier molecular flexibility index (Phi) is 3.45. The van der Waals surface area contributed by atoms with Gasteiger partial charge in [0.25, 0.3) is 0 Å². The molecule has 16 heavy (non-hydrogen) atoms. The van der Waals surface area contributed by atoms with Crippen LogP contribution < -0.4 is 15.8 Å². The van der Waals surface area contributed by atoms with Crippen LogP contribution in [-0.4, -0.2) is 19.7 Å². The molecule has 0 aromatic heterocycles. The number of fused-ring (bicyclic) bond motifs is 1. The van der Waals surface area contributed by atoms with E-state index in [0.29, 0.717) is 13.1 Å². The summed E-state index contributed by atoms with van der Waals surface area (Å²) < 4.78 is 5.46. The molecular weight excluding hydrogens is 200 g/mol. The average Bonchev–Trinajstić information content (AvgIpc) is 2.77. The molecule has 0 saturated heterocycles. The number of nitrogens with one attached hydrogen (secondary N) is 1. The normalized spacial score (nSPS) is 15.0. The van der Waals surface area contributed by atoms with Gasteiger partial charge in [-0.15, -0.1) is 6.42 Å². The van der Waals surface area contributed by atoms with E-state index in [0.717, 1.165) is 18.8 Å². The monoisotopic (exact) mass is 216 g/mol. The first-order valence-electron chi connectivity index (χ1n) is 5.47. The number of ether oxygens (including phenoxy) is 1. The fraction of sp³-hybridized carbons (Fsp3) is 0.385. The second-order valence-electron chi connectivity index (χ2n) is 3.84. The lowest BCUT2D eigenvalue weighted by molar-refractivity contribution is 0.356. The molecule has 1 atom stereocenters. The van der Waals surface area contributed by atoms with Gasteiger partial charge in [0.15, 0.2) is 0 Å². The van der Waals surface area contributed by atoms with E-state index in [-0.39, 0.29) is 6.04 Å². The largest absolute Gasteiger partial charge is 0.493 e. The molecule has 1 aromatic carbocycles. The maximum Gasteiger partial charge on any atom is 0.122 e. The maximum absolute atomic E-state index is 5.73. The Morgan fingerprint density at radius 3 is 3.19 bits per heavy atom. The standard InChI is InChI=1S/C13H16N2O/c1-2-6-15-12(9-14)10-3-4-13-11(8-10)5-7-16-13/h1,3-4,8,12,15H,5-7,9,14H2. The molecule has 0 fully saturated rings. The van der Waals surface area contributed by atoms with E-state index >= 15 is 0 Å². The number of terminal acetylenes is 1. The van der Waals surface area contributed by atoms with Crippen LogP contribution in [0.25, 0.3) is 0 Å². The minimum absolute atomic E-state index is 0.127. The van der Waals surface area contributed by atoms with Crippen LogP contribution in [0.5, 0.6) is 5.75 Å². The second-order valence-corrected chi connectivity index (χ2v) is 3.84. The Labute approximate surface area is 96.0 Å². The third-order valence-electron chi connectivity index (χ3n) is 2.80. The van der Waals surface area contributed by atoms with Gasteiger partial charge in [-0.2, -0.15) is 0 Å². The highest BCUT2D eigenvalue weighted by atomic mass is 16.5. The SMILES string of the molecule is C#CCNC(CN)c1ccc2c(c1)CCO2. The molecule has 1 unspecified atom stereocenters. The van der Waals surface area contributed by atoms with Crippen molar-refractivity contribution in [1.29, 1.82) is 0 Å². The Hall–Kier alpha value is -1.50. The lowest BCUT2D eigenvalue weighted by Crippen LogP contribution is -2.28. The van der Waals surface area contributed by atoms with Gasteiger partial charge in [0.1, 0.15) is 5.75 Å². The predicted molar refractivity (Wildman–Crippen MR) is 64.3 cm³/mol. The summed E-state index contributed by atoms with van der Waals surface area (Å²) in [4.78, 5) is 0. The third kappa shape index (κ3) is 2.19. The Morgan fingerprint density at radius 1 is 1.56 bits per heavy atom.